The third-order valence-corrected chi connectivity index (χ3v) is 3.70. The van der Waals surface area contributed by atoms with E-state index in [1.165, 1.54) is 24.3 Å². The van der Waals surface area contributed by atoms with E-state index in [2.05, 4.69) is 15.2 Å². The van der Waals surface area contributed by atoms with Gasteiger partial charge in [0.15, 0.2) is 0 Å². The number of rotatable bonds is 3. The van der Waals surface area contributed by atoms with Gasteiger partial charge in [-0.25, -0.2) is 4.39 Å². The van der Waals surface area contributed by atoms with Crippen LogP contribution in [0.4, 0.5) is 15.8 Å². The van der Waals surface area contributed by atoms with Crippen LogP contribution in [0.2, 0.25) is 0 Å². The first-order valence-electron chi connectivity index (χ1n) is 7.50. The van der Waals surface area contributed by atoms with E-state index in [1.807, 2.05) is 36.4 Å². The summed E-state index contributed by atoms with van der Waals surface area (Å²) in [7, 11) is 0. The molecule has 0 unspecified atom stereocenters. The molecule has 0 saturated heterocycles. The fourth-order valence-electron chi connectivity index (χ4n) is 2.40. The fourth-order valence-corrected chi connectivity index (χ4v) is 2.40. The molecule has 0 aliphatic carbocycles. The molecule has 3 rings (SSSR count). The number of nitriles is 1. The SMILES string of the molecule is Cc1c(N=Nc2ccc(F)cc2)c(-c2ccccc2)[nH]c(=O)c1C#N. The zero-order chi connectivity index (χ0) is 17.8. The van der Waals surface area contributed by atoms with Crippen LogP contribution in [0, 0.1) is 24.1 Å². The number of pyridine rings is 1. The molecule has 5 nitrogen and oxygen atoms in total. The smallest absolute Gasteiger partial charge is 0.266 e. The molecule has 122 valence electrons. The molecule has 1 aromatic heterocycles. The summed E-state index contributed by atoms with van der Waals surface area (Å²) in [5.74, 6) is -0.365. The van der Waals surface area contributed by atoms with Gasteiger partial charge in [0.25, 0.3) is 5.56 Å². The molecule has 0 spiro atoms. The topological polar surface area (TPSA) is 81.4 Å². The Morgan fingerprint density at radius 3 is 2.36 bits per heavy atom. The minimum absolute atomic E-state index is 0.00672. The van der Waals surface area contributed by atoms with Crippen molar-refractivity contribution in [3.63, 3.8) is 0 Å². The van der Waals surface area contributed by atoms with E-state index in [1.54, 1.807) is 6.92 Å². The van der Waals surface area contributed by atoms with Crippen LogP contribution >= 0.6 is 0 Å². The van der Waals surface area contributed by atoms with Gasteiger partial charge in [-0.15, -0.1) is 5.11 Å². The second kappa shape index (κ2) is 6.89. The van der Waals surface area contributed by atoms with Crippen molar-refractivity contribution in [3.8, 4) is 17.3 Å². The number of azo groups is 1. The highest BCUT2D eigenvalue weighted by molar-refractivity contribution is 5.75. The molecule has 2 aromatic carbocycles. The summed E-state index contributed by atoms with van der Waals surface area (Å²) in [6.45, 7) is 1.65. The summed E-state index contributed by atoms with van der Waals surface area (Å²) < 4.78 is 13.0. The Balaban J connectivity index is 2.18. The van der Waals surface area contributed by atoms with Gasteiger partial charge in [0.2, 0.25) is 0 Å². The molecule has 0 fully saturated rings. The van der Waals surface area contributed by atoms with Gasteiger partial charge in [0.1, 0.15) is 23.1 Å². The first-order chi connectivity index (χ1) is 12.1. The van der Waals surface area contributed by atoms with Crippen molar-refractivity contribution >= 4 is 11.4 Å². The molecular weight excluding hydrogens is 319 g/mol. The van der Waals surface area contributed by atoms with Gasteiger partial charge in [0, 0.05) is 11.1 Å². The Morgan fingerprint density at radius 2 is 1.72 bits per heavy atom. The molecule has 25 heavy (non-hydrogen) atoms. The maximum atomic E-state index is 13.0. The zero-order valence-electron chi connectivity index (χ0n) is 13.3. The standard InChI is InChI=1S/C19H13FN4O/c1-12-16(11-21)19(25)22-18(13-5-3-2-4-6-13)17(12)24-23-15-9-7-14(20)8-10-15/h2-10H,1H3,(H,22,25). The zero-order valence-corrected chi connectivity index (χ0v) is 13.3. The van der Waals surface area contributed by atoms with Crippen molar-refractivity contribution in [2.24, 2.45) is 10.2 Å². The number of H-pyrrole nitrogens is 1. The van der Waals surface area contributed by atoms with Crippen molar-refractivity contribution in [2.45, 2.75) is 6.92 Å². The van der Waals surface area contributed by atoms with E-state index in [9.17, 15) is 14.4 Å². The van der Waals surface area contributed by atoms with Crippen molar-refractivity contribution in [2.75, 3.05) is 0 Å². The highest BCUT2D eigenvalue weighted by Gasteiger charge is 2.15. The number of aromatic amines is 1. The van der Waals surface area contributed by atoms with Crippen molar-refractivity contribution < 1.29 is 4.39 Å². The molecule has 1 heterocycles. The van der Waals surface area contributed by atoms with Crippen LogP contribution in [0.5, 0.6) is 0 Å². The van der Waals surface area contributed by atoms with E-state index < -0.39 is 5.56 Å². The van der Waals surface area contributed by atoms with Gasteiger partial charge < -0.3 is 4.98 Å². The van der Waals surface area contributed by atoms with E-state index in [0.29, 0.717) is 22.6 Å². The Bertz CT molecular complexity index is 1030. The van der Waals surface area contributed by atoms with Crippen LogP contribution in [0.3, 0.4) is 0 Å². The van der Waals surface area contributed by atoms with Crippen molar-refractivity contribution in [1.82, 2.24) is 4.98 Å². The number of hydrogen-bond donors (Lipinski definition) is 1. The second-order valence-electron chi connectivity index (χ2n) is 5.33. The Kier molecular flexibility index (Phi) is 4.48. The first kappa shape index (κ1) is 16.3. The normalized spacial score (nSPS) is 10.8. The molecule has 0 amide bonds. The number of halogens is 1. The summed E-state index contributed by atoms with van der Waals surface area (Å²) in [5, 5.41) is 17.5. The van der Waals surface area contributed by atoms with Crippen LogP contribution in [0.15, 0.2) is 69.6 Å². The lowest BCUT2D eigenvalue weighted by atomic mass is 10.0. The Labute approximate surface area is 143 Å². The molecule has 0 saturated carbocycles. The predicted octanol–water partition coefficient (Wildman–Crippen LogP) is 4.78. The van der Waals surface area contributed by atoms with Crippen LogP contribution in [0.1, 0.15) is 11.1 Å². The predicted molar refractivity (Wildman–Crippen MR) is 92.5 cm³/mol. The monoisotopic (exact) mass is 332 g/mol. The molecule has 0 radical (unpaired) electrons. The van der Waals surface area contributed by atoms with E-state index >= 15 is 0 Å². The van der Waals surface area contributed by atoms with Crippen LogP contribution in [-0.4, -0.2) is 4.98 Å². The number of nitrogens with one attached hydrogen (secondary N) is 1. The van der Waals surface area contributed by atoms with E-state index in [-0.39, 0.29) is 11.4 Å². The molecule has 0 aliphatic rings. The second-order valence-corrected chi connectivity index (χ2v) is 5.33. The average Bonchev–Trinajstić information content (AvgIpc) is 2.63. The minimum Gasteiger partial charge on any atom is -0.319 e. The first-order valence-corrected chi connectivity index (χ1v) is 7.50. The average molecular weight is 332 g/mol. The molecule has 3 aromatic rings. The van der Waals surface area contributed by atoms with Gasteiger partial charge >= 0.3 is 0 Å². The maximum Gasteiger partial charge on any atom is 0.266 e. The minimum atomic E-state index is -0.473. The lowest BCUT2D eigenvalue weighted by molar-refractivity contribution is 0.628. The number of benzene rings is 2. The molecule has 0 atom stereocenters. The molecule has 0 aliphatic heterocycles. The summed E-state index contributed by atoms with van der Waals surface area (Å²) >= 11 is 0. The largest absolute Gasteiger partial charge is 0.319 e. The molecule has 6 heteroatoms. The van der Waals surface area contributed by atoms with Crippen LogP contribution < -0.4 is 5.56 Å². The summed E-state index contributed by atoms with van der Waals surface area (Å²) in [5.41, 5.74) is 2.05. The Morgan fingerprint density at radius 1 is 1.04 bits per heavy atom. The lowest BCUT2D eigenvalue weighted by Crippen LogP contribution is -2.13. The van der Waals surface area contributed by atoms with Crippen LogP contribution in [0.25, 0.3) is 11.3 Å². The summed E-state index contributed by atoms with van der Waals surface area (Å²) in [4.78, 5) is 14.8. The third-order valence-electron chi connectivity index (χ3n) is 3.70. The van der Waals surface area contributed by atoms with Crippen molar-refractivity contribution in [3.05, 3.63) is 81.9 Å². The Hall–Kier alpha value is -3.59. The van der Waals surface area contributed by atoms with E-state index in [4.69, 9.17) is 0 Å². The van der Waals surface area contributed by atoms with E-state index in [0.717, 1.165) is 5.56 Å². The third kappa shape index (κ3) is 3.35. The molecule has 1 N–H and O–H groups in total. The number of hydrogen-bond acceptors (Lipinski definition) is 4. The molecule has 0 bridgehead atoms. The highest BCUT2D eigenvalue weighted by atomic mass is 19.1. The highest BCUT2D eigenvalue weighted by Crippen LogP contribution is 2.32. The van der Waals surface area contributed by atoms with Crippen molar-refractivity contribution in [1.29, 1.82) is 5.26 Å². The summed E-state index contributed by atoms with van der Waals surface area (Å²) in [6, 6.07) is 16.6. The number of aromatic nitrogens is 1. The number of nitrogens with zero attached hydrogens (tertiary/aromatic N) is 3. The maximum absolute atomic E-state index is 13.0. The van der Waals surface area contributed by atoms with Gasteiger partial charge in [0.05, 0.1) is 11.4 Å². The van der Waals surface area contributed by atoms with Gasteiger partial charge in [-0.1, -0.05) is 30.3 Å². The summed E-state index contributed by atoms with van der Waals surface area (Å²) in [6.07, 6.45) is 0. The quantitative estimate of drug-likeness (QED) is 0.700. The lowest BCUT2D eigenvalue weighted by Gasteiger charge is -2.09. The van der Waals surface area contributed by atoms with Gasteiger partial charge in [-0.05, 0) is 31.2 Å². The molecular formula is C19H13FN4O. The fraction of sp³-hybridized carbons (Fsp3) is 0.0526. The van der Waals surface area contributed by atoms with Gasteiger partial charge in [-0.2, -0.15) is 10.4 Å². The van der Waals surface area contributed by atoms with Gasteiger partial charge in [-0.3, -0.25) is 4.79 Å². The van der Waals surface area contributed by atoms with Crippen LogP contribution in [-0.2, 0) is 0 Å².